The van der Waals surface area contributed by atoms with Crippen LogP contribution in [0.3, 0.4) is 0 Å². The lowest BCUT2D eigenvalue weighted by Gasteiger charge is -2.22. The number of benzene rings is 1. The maximum absolute atomic E-state index is 2.31. The van der Waals surface area contributed by atoms with Gasteiger partial charge in [-0.25, -0.2) is 0 Å². The van der Waals surface area contributed by atoms with Crippen molar-refractivity contribution in [2.24, 2.45) is 5.41 Å². The molecule has 14 heavy (non-hydrogen) atoms. The molecule has 0 amide bonds. The summed E-state index contributed by atoms with van der Waals surface area (Å²) < 4.78 is 0. The zero-order chi connectivity index (χ0) is 10.6. The highest BCUT2D eigenvalue weighted by molar-refractivity contribution is 5.53. The molecule has 0 aliphatic rings. The van der Waals surface area contributed by atoms with Gasteiger partial charge in [0.05, 0.1) is 0 Å². The van der Waals surface area contributed by atoms with E-state index >= 15 is 0 Å². The average molecular weight is 188 g/mol. The van der Waals surface area contributed by atoms with Crippen molar-refractivity contribution in [3.8, 4) is 0 Å². The summed E-state index contributed by atoms with van der Waals surface area (Å²) in [5.74, 6) is 0. The SMILES string of the molecule is CCC(=Cc1ccccc1)C(C)(C)C. The molecule has 0 unspecified atom stereocenters. The van der Waals surface area contributed by atoms with Crippen LogP contribution in [0.1, 0.15) is 39.7 Å². The molecule has 0 atom stereocenters. The van der Waals surface area contributed by atoms with E-state index in [-0.39, 0.29) is 5.41 Å². The molecule has 0 bridgehead atoms. The van der Waals surface area contributed by atoms with Gasteiger partial charge in [-0.3, -0.25) is 0 Å². The van der Waals surface area contributed by atoms with Gasteiger partial charge in [-0.05, 0) is 17.4 Å². The topological polar surface area (TPSA) is 0 Å². The lowest BCUT2D eigenvalue weighted by atomic mass is 9.84. The normalized spacial score (nSPS) is 13.0. The molecule has 0 aliphatic heterocycles. The van der Waals surface area contributed by atoms with Crippen molar-refractivity contribution in [1.82, 2.24) is 0 Å². The van der Waals surface area contributed by atoms with Crippen molar-refractivity contribution in [2.75, 3.05) is 0 Å². The van der Waals surface area contributed by atoms with E-state index in [1.807, 2.05) is 0 Å². The molecule has 0 spiro atoms. The van der Waals surface area contributed by atoms with Crippen LogP contribution in [0.4, 0.5) is 0 Å². The minimum absolute atomic E-state index is 0.282. The van der Waals surface area contributed by atoms with Crippen molar-refractivity contribution in [2.45, 2.75) is 34.1 Å². The molecule has 0 nitrogen and oxygen atoms in total. The van der Waals surface area contributed by atoms with E-state index in [0.29, 0.717) is 0 Å². The lowest BCUT2D eigenvalue weighted by Crippen LogP contribution is -2.08. The van der Waals surface area contributed by atoms with Crippen LogP contribution in [-0.4, -0.2) is 0 Å². The fourth-order valence-corrected chi connectivity index (χ4v) is 1.60. The first-order valence-electron chi connectivity index (χ1n) is 5.30. The van der Waals surface area contributed by atoms with E-state index in [4.69, 9.17) is 0 Å². The molecule has 0 heterocycles. The molecule has 0 fully saturated rings. The van der Waals surface area contributed by atoms with Gasteiger partial charge < -0.3 is 0 Å². The monoisotopic (exact) mass is 188 g/mol. The molecular formula is C14H20. The van der Waals surface area contributed by atoms with Crippen LogP contribution in [0.5, 0.6) is 0 Å². The largest absolute Gasteiger partial charge is 0.0645 e. The van der Waals surface area contributed by atoms with Crippen LogP contribution in [0.15, 0.2) is 35.9 Å². The molecule has 0 heteroatoms. The van der Waals surface area contributed by atoms with Gasteiger partial charge in [0.2, 0.25) is 0 Å². The Morgan fingerprint density at radius 3 is 2.14 bits per heavy atom. The Balaban J connectivity index is 2.96. The Labute approximate surface area is 87.7 Å². The molecule has 76 valence electrons. The van der Waals surface area contributed by atoms with Crippen molar-refractivity contribution >= 4 is 6.08 Å². The second kappa shape index (κ2) is 4.45. The number of rotatable bonds is 2. The average Bonchev–Trinajstić information content (AvgIpc) is 2.14. The number of hydrogen-bond acceptors (Lipinski definition) is 0. The smallest absolute Gasteiger partial charge is 0.0170 e. The minimum atomic E-state index is 0.282. The molecule has 0 saturated carbocycles. The van der Waals surface area contributed by atoms with Crippen LogP contribution >= 0.6 is 0 Å². The van der Waals surface area contributed by atoms with Gasteiger partial charge in [0.15, 0.2) is 0 Å². The van der Waals surface area contributed by atoms with Gasteiger partial charge in [-0.2, -0.15) is 0 Å². The van der Waals surface area contributed by atoms with Gasteiger partial charge in [-0.1, -0.05) is 69.7 Å². The van der Waals surface area contributed by atoms with Gasteiger partial charge in [0, 0.05) is 0 Å². The maximum atomic E-state index is 2.31. The number of allylic oxidation sites excluding steroid dienone is 1. The highest BCUT2D eigenvalue weighted by Crippen LogP contribution is 2.29. The van der Waals surface area contributed by atoms with Crippen LogP contribution < -0.4 is 0 Å². The lowest BCUT2D eigenvalue weighted by molar-refractivity contribution is 0.492. The first kappa shape index (κ1) is 11.0. The Bertz CT molecular complexity index is 299. The van der Waals surface area contributed by atoms with Gasteiger partial charge in [-0.15, -0.1) is 0 Å². The van der Waals surface area contributed by atoms with Gasteiger partial charge in [0.25, 0.3) is 0 Å². The van der Waals surface area contributed by atoms with E-state index < -0.39 is 0 Å². The Morgan fingerprint density at radius 1 is 1.14 bits per heavy atom. The first-order valence-corrected chi connectivity index (χ1v) is 5.30. The third-order valence-corrected chi connectivity index (χ3v) is 2.48. The highest BCUT2D eigenvalue weighted by Gasteiger charge is 2.14. The van der Waals surface area contributed by atoms with E-state index in [1.54, 1.807) is 0 Å². The van der Waals surface area contributed by atoms with Crippen LogP contribution in [0, 0.1) is 5.41 Å². The van der Waals surface area contributed by atoms with Crippen molar-refractivity contribution in [3.63, 3.8) is 0 Å². The van der Waals surface area contributed by atoms with Crippen LogP contribution in [-0.2, 0) is 0 Å². The predicted molar refractivity (Wildman–Crippen MR) is 64.2 cm³/mol. The molecule has 0 aliphatic carbocycles. The van der Waals surface area contributed by atoms with Crippen LogP contribution in [0.2, 0.25) is 0 Å². The first-order chi connectivity index (χ1) is 6.54. The van der Waals surface area contributed by atoms with Gasteiger partial charge in [0.1, 0.15) is 0 Å². The Morgan fingerprint density at radius 2 is 1.71 bits per heavy atom. The van der Waals surface area contributed by atoms with E-state index in [9.17, 15) is 0 Å². The molecule has 0 saturated heterocycles. The molecule has 1 rings (SSSR count). The minimum Gasteiger partial charge on any atom is -0.0645 e. The Kier molecular flexibility index (Phi) is 3.51. The summed E-state index contributed by atoms with van der Waals surface area (Å²) in [5, 5.41) is 0. The molecule has 1 aromatic rings. The molecule has 1 aromatic carbocycles. The standard InChI is InChI=1S/C14H20/c1-5-13(14(2,3)4)11-12-9-7-6-8-10-12/h6-11H,5H2,1-4H3. The zero-order valence-electron chi connectivity index (χ0n) is 9.67. The van der Waals surface area contributed by atoms with E-state index in [1.165, 1.54) is 11.1 Å². The molecule has 0 N–H and O–H groups in total. The molecular weight excluding hydrogens is 168 g/mol. The quantitative estimate of drug-likeness (QED) is 0.640. The summed E-state index contributed by atoms with van der Waals surface area (Å²) in [6.45, 7) is 9.03. The summed E-state index contributed by atoms with van der Waals surface area (Å²) in [5.41, 5.74) is 3.09. The zero-order valence-corrected chi connectivity index (χ0v) is 9.67. The van der Waals surface area contributed by atoms with E-state index in [0.717, 1.165) is 6.42 Å². The predicted octanol–water partition coefficient (Wildman–Crippen LogP) is 4.53. The van der Waals surface area contributed by atoms with E-state index in [2.05, 4.69) is 64.1 Å². The fraction of sp³-hybridized carbons (Fsp3) is 0.429. The van der Waals surface area contributed by atoms with Crippen molar-refractivity contribution in [3.05, 3.63) is 41.5 Å². The second-order valence-corrected chi connectivity index (χ2v) is 4.68. The number of hydrogen-bond donors (Lipinski definition) is 0. The van der Waals surface area contributed by atoms with Crippen molar-refractivity contribution in [1.29, 1.82) is 0 Å². The summed E-state index contributed by atoms with van der Waals surface area (Å²) >= 11 is 0. The Hall–Kier alpha value is -1.04. The van der Waals surface area contributed by atoms with Gasteiger partial charge >= 0.3 is 0 Å². The molecule has 0 radical (unpaired) electrons. The third-order valence-electron chi connectivity index (χ3n) is 2.48. The summed E-state index contributed by atoms with van der Waals surface area (Å²) in [7, 11) is 0. The summed E-state index contributed by atoms with van der Waals surface area (Å²) in [6, 6.07) is 10.5. The molecule has 0 aromatic heterocycles. The fourth-order valence-electron chi connectivity index (χ4n) is 1.60. The third kappa shape index (κ3) is 3.02. The highest BCUT2D eigenvalue weighted by atomic mass is 14.2. The second-order valence-electron chi connectivity index (χ2n) is 4.68. The maximum Gasteiger partial charge on any atom is -0.0170 e. The summed E-state index contributed by atoms with van der Waals surface area (Å²) in [4.78, 5) is 0. The van der Waals surface area contributed by atoms with Crippen LogP contribution in [0.25, 0.3) is 6.08 Å². The summed E-state index contributed by atoms with van der Waals surface area (Å²) in [6.07, 6.45) is 3.43. The van der Waals surface area contributed by atoms with Crippen molar-refractivity contribution < 1.29 is 0 Å².